The number of rotatable bonds is 5. The van der Waals surface area contributed by atoms with Gasteiger partial charge in [0.1, 0.15) is 6.10 Å². The van der Waals surface area contributed by atoms with Gasteiger partial charge in [0.15, 0.2) is 4.34 Å². The lowest BCUT2D eigenvalue weighted by Crippen LogP contribution is -2.27. The molecule has 1 aliphatic rings. The van der Waals surface area contributed by atoms with Gasteiger partial charge in [0, 0.05) is 0 Å². The van der Waals surface area contributed by atoms with Crippen molar-refractivity contribution in [2.75, 3.05) is 11.1 Å². The van der Waals surface area contributed by atoms with Crippen molar-refractivity contribution in [2.24, 2.45) is 0 Å². The minimum Gasteiger partial charge on any atom is -0.481 e. The van der Waals surface area contributed by atoms with E-state index in [0.717, 1.165) is 29.5 Å². The summed E-state index contributed by atoms with van der Waals surface area (Å²) in [6.07, 6.45) is 1.24. The summed E-state index contributed by atoms with van der Waals surface area (Å²) in [7, 11) is 0. The molecule has 2 atom stereocenters. The first-order valence-electron chi connectivity index (χ1n) is 5.69. The first kappa shape index (κ1) is 14.2. The second kappa shape index (κ2) is 6.31. The average Bonchev–Trinajstić information content (AvgIpc) is 2.95. The molecule has 2 N–H and O–H groups in total. The van der Waals surface area contributed by atoms with Gasteiger partial charge in [-0.15, -0.1) is 10.2 Å². The molecule has 2 heterocycles. The Morgan fingerprint density at radius 1 is 1.53 bits per heavy atom. The minimum atomic E-state index is -0.917. The molecule has 0 bridgehead atoms. The van der Waals surface area contributed by atoms with Crippen LogP contribution in [-0.4, -0.2) is 45.1 Å². The zero-order valence-corrected chi connectivity index (χ0v) is 11.8. The fourth-order valence-corrected chi connectivity index (χ4v) is 3.10. The smallest absolute Gasteiger partial charge is 0.313 e. The van der Waals surface area contributed by atoms with E-state index in [9.17, 15) is 9.59 Å². The Bertz CT molecular complexity index is 479. The van der Waals surface area contributed by atoms with Crippen LogP contribution in [0.15, 0.2) is 4.34 Å². The van der Waals surface area contributed by atoms with E-state index < -0.39 is 12.1 Å². The summed E-state index contributed by atoms with van der Waals surface area (Å²) in [5.74, 6) is -1.22. The molecular formula is C10H13N3O4S2. The molecule has 1 aromatic rings. The summed E-state index contributed by atoms with van der Waals surface area (Å²) in [5.41, 5.74) is 0. The Hall–Kier alpha value is -1.19. The second-order valence-electron chi connectivity index (χ2n) is 4.06. The molecule has 1 aliphatic heterocycles. The molecule has 0 aliphatic carbocycles. The Balaban J connectivity index is 1.85. The van der Waals surface area contributed by atoms with Crippen LogP contribution in [0, 0.1) is 0 Å². The highest BCUT2D eigenvalue weighted by Gasteiger charge is 2.28. The standard InChI is InChI=1S/C10H13N3O4S2/c1-5-2-3-6(17-5)8(16)11-9-12-13-10(19-9)18-4-7(14)15/h5-6H,2-4H2,1H3,(H,14,15)(H,11,12,16). The van der Waals surface area contributed by atoms with Gasteiger partial charge in [0.05, 0.1) is 11.9 Å². The van der Waals surface area contributed by atoms with Crippen LogP contribution in [0.2, 0.25) is 0 Å². The number of aliphatic carboxylic acids is 1. The van der Waals surface area contributed by atoms with E-state index in [1.165, 1.54) is 0 Å². The van der Waals surface area contributed by atoms with Crippen molar-refractivity contribution >= 4 is 40.1 Å². The summed E-state index contributed by atoms with van der Waals surface area (Å²) in [4.78, 5) is 22.2. The van der Waals surface area contributed by atoms with E-state index in [0.29, 0.717) is 15.9 Å². The van der Waals surface area contributed by atoms with Crippen molar-refractivity contribution in [3.63, 3.8) is 0 Å². The summed E-state index contributed by atoms with van der Waals surface area (Å²) < 4.78 is 5.95. The van der Waals surface area contributed by atoms with Gasteiger partial charge >= 0.3 is 5.97 Å². The highest BCUT2D eigenvalue weighted by molar-refractivity contribution is 8.01. The van der Waals surface area contributed by atoms with Crippen LogP contribution in [0.1, 0.15) is 19.8 Å². The van der Waals surface area contributed by atoms with Crippen molar-refractivity contribution in [2.45, 2.75) is 36.3 Å². The Morgan fingerprint density at radius 2 is 2.32 bits per heavy atom. The molecule has 1 fully saturated rings. The molecule has 0 spiro atoms. The third-order valence-corrected chi connectivity index (χ3v) is 4.44. The number of hydrogen-bond donors (Lipinski definition) is 2. The van der Waals surface area contributed by atoms with Crippen molar-refractivity contribution < 1.29 is 19.4 Å². The number of carboxylic acid groups (broad SMARTS) is 1. The van der Waals surface area contributed by atoms with Crippen molar-refractivity contribution in [1.29, 1.82) is 0 Å². The van der Waals surface area contributed by atoms with E-state index >= 15 is 0 Å². The number of anilines is 1. The van der Waals surface area contributed by atoms with Crippen LogP contribution in [0.4, 0.5) is 5.13 Å². The zero-order valence-electron chi connectivity index (χ0n) is 10.2. The number of carboxylic acids is 1. The molecule has 7 nitrogen and oxygen atoms in total. The highest BCUT2D eigenvalue weighted by atomic mass is 32.2. The molecule has 1 saturated heterocycles. The number of ether oxygens (including phenoxy) is 1. The van der Waals surface area contributed by atoms with E-state index in [-0.39, 0.29) is 17.8 Å². The van der Waals surface area contributed by atoms with E-state index in [2.05, 4.69) is 15.5 Å². The average molecular weight is 303 g/mol. The molecule has 19 heavy (non-hydrogen) atoms. The van der Waals surface area contributed by atoms with Crippen LogP contribution in [0.25, 0.3) is 0 Å². The summed E-state index contributed by atoms with van der Waals surface area (Å²) in [5, 5.41) is 19.1. The molecule has 104 valence electrons. The van der Waals surface area contributed by atoms with Gasteiger partial charge < -0.3 is 9.84 Å². The predicted octanol–water partition coefficient (Wildman–Crippen LogP) is 1.22. The second-order valence-corrected chi connectivity index (χ2v) is 6.26. The van der Waals surface area contributed by atoms with Crippen molar-refractivity contribution in [1.82, 2.24) is 10.2 Å². The molecule has 1 aromatic heterocycles. The summed E-state index contributed by atoms with van der Waals surface area (Å²) in [6.45, 7) is 1.93. The zero-order chi connectivity index (χ0) is 13.8. The fraction of sp³-hybridized carbons (Fsp3) is 0.600. The monoisotopic (exact) mass is 303 g/mol. The maximum atomic E-state index is 11.8. The lowest BCUT2D eigenvalue weighted by atomic mass is 10.2. The number of hydrogen-bond acceptors (Lipinski definition) is 7. The van der Waals surface area contributed by atoms with Gasteiger partial charge in [-0.1, -0.05) is 23.1 Å². The summed E-state index contributed by atoms with van der Waals surface area (Å²) >= 11 is 2.22. The normalized spacial score (nSPS) is 22.4. The van der Waals surface area contributed by atoms with Gasteiger partial charge in [0.25, 0.3) is 5.91 Å². The Kier molecular flexibility index (Phi) is 4.72. The van der Waals surface area contributed by atoms with Crippen molar-refractivity contribution in [3.05, 3.63) is 0 Å². The maximum absolute atomic E-state index is 11.8. The third-order valence-electron chi connectivity index (χ3n) is 2.48. The number of thioether (sulfide) groups is 1. The number of amides is 1. The Morgan fingerprint density at radius 3 is 2.95 bits per heavy atom. The van der Waals surface area contributed by atoms with Gasteiger partial charge in [-0.3, -0.25) is 14.9 Å². The van der Waals surface area contributed by atoms with Crippen LogP contribution in [0.3, 0.4) is 0 Å². The number of carbonyl (C=O) groups is 2. The maximum Gasteiger partial charge on any atom is 0.313 e. The Labute approximate surface area is 117 Å². The lowest BCUT2D eigenvalue weighted by molar-refractivity contribution is -0.134. The van der Waals surface area contributed by atoms with Crippen LogP contribution >= 0.6 is 23.1 Å². The van der Waals surface area contributed by atoms with Crippen LogP contribution in [-0.2, 0) is 14.3 Å². The molecule has 0 aromatic carbocycles. The molecule has 2 unspecified atom stereocenters. The van der Waals surface area contributed by atoms with Crippen LogP contribution in [0.5, 0.6) is 0 Å². The van der Waals surface area contributed by atoms with Gasteiger partial charge in [-0.05, 0) is 19.8 Å². The molecule has 9 heteroatoms. The van der Waals surface area contributed by atoms with E-state index in [1.807, 2.05) is 6.92 Å². The number of nitrogens with zero attached hydrogens (tertiary/aromatic N) is 2. The van der Waals surface area contributed by atoms with Gasteiger partial charge in [-0.25, -0.2) is 0 Å². The van der Waals surface area contributed by atoms with Gasteiger partial charge in [0.2, 0.25) is 5.13 Å². The molecule has 1 amide bonds. The highest BCUT2D eigenvalue weighted by Crippen LogP contribution is 2.26. The van der Waals surface area contributed by atoms with E-state index in [1.54, 1.807) is 0 Å². The summed E-state index contributed by atoms with van der Waals surface area (Å²) in [6, 6.07) is 0. The van der Waals surface area contributed by atoms with Gasteiger partial charge in [-0.2, -0.15) is 0 Å². The molecule has 0 radical (unpaired) electrons. The fourth-order valence-electron chi connectivity index (χ4n) is 1.62. The minimum absolute atomic E-state index is 0.0775. The first-order valence-corrected chi connectivity index (χ1v) is 7.49. The third kappa shape index (κ3) is 4.15. The topological polar surface area (TPSA) is 101 Å². The van der Waals surface area contributed by atoms with Crippen LogP contribution < -0.4 is 5.32 Å². The number of carbonyl (C=O) groups excluding carboxylic acids is 1. The molecule has 0 saturated carbocycles. The first-order chi connectivity index (χ1) is 9.04. The van der Waals surface area contributed by atoms with E-state index in [4.69, 9.17) is 9.84 Å². The SMILES string of the molecule is CC1CCC(C(=O)Nc2nnc(SCC(=O)O)s2)O1. The number of nitrogens with one attached hydrogen (secondary N) is 1. The number of aromatic nitrogens is 2. The van der Waals surface area contributed by atoms with Crippen molar-refractivity contribution in [3.8, 4) is 0 Å². The largest absolute Gasteiger partial charge is 0.481 e. The molecular weight excluding hydrogens is 290 g/mol. The predicted molar refractivity (Wildman–Crippen MR) is 70.5 cm³/mol. The molecule has 2 rings (SSSR count). The quantitative estimate of drug-likeness (QED) is 0.623. The lowest BCUT2D eigenvalue weighted by Gasteiger charge is -2.09.